The number of amides is 1. The number of thiophene rings is 1. The van der Waals surface area contributed by atoms with Crippen LogP contribution in [0.1, 0.15) is 20.9 Å². The summed E-state index contributed by atoms with van der Waals surface area (Å²) in [5, 5.41) is 4.12. The van der Waals surface area contributed by atoms with Crippen LogP contribution in [0.2, 0.25) is 0 Å². The normalized spacial score (nSPS) is 11.2. The molecule has 1 amide bonds. The van der Waals surface area contributed by atoms with Gasteiger partial charge in [0.2, 0.25) is 0 Å². The second-order valence-electron chi connectivity index (χ2n) is 5.58. The Bertz CT molecular complexity index is 1070. The summed E-state index contributed by atoms with van der Waals surface area (Å²) in [6.45, 7) is 2.40. The van der Waals surface area contributed by atoms with Crippen LogP contribution in [-0.2, 0) is 6.54 Å². The Hall–Kier alpha value is -2.18. The summed E-state index contributed by atoms with van der Waals surface area (Å²) >= 11 is 4.97. The fraction of sp³-hybridized carbons (Fsp3) is 0.111. The molecule has 0 atom stereocenters. The number of pyridine rings is 1. The first-order valence-corrected chi connectivity index (χ1v) is 9.12. The third-order valence-corrected chi connectivity index (χ3v) is 5.69. The van der Waals surface area contributed by atoms with E-state index in [4.69, 9.17) is 0 Å². The van der Waals surface area contributed by atoms with E-state index < -0.39 is 0 Å². The predicted molar refractivity (Wildman–Crippen MR) is 101 cm³/mol. The van der Waals surface area contributed by atoms with Gasteiger partial charge in [0.15, 0.2) is 0 Å². The average molecular weight is 400 g/mol. The standard InChI is InChI=1S/C18H14BrN3OS/c1-11-14-4-2-3-5-15(14)24-17(11)18(23)20-8-13-10-22-9-12(19)6-7-16(22)21-13/h2-7,9-10H,8H2,1H3,(H,20,23). The number of hydrogen-bond acceptors (Lipinski definition) is 3. The molecule has 3 heterocycles. The Kier molecular flexibility index (Phi) is 3.86. The highest BCUT2D eigenvalue weighted by molar-refractivity contribution is 9.10. The minimum atomic E-state index is -0.0491. The Morgan fingerprint density at radius 1 is 1.25 bits per heavy atom. The molecule has 0 fully saturated rings. The van der Waals surface area contributed by atoms with Crippen LogP contribution in [0.5, 0.6) is 0 Å². The molecule has 4 rings (SSSR count). The summed E-state index contributed by atoms with van der Waals surface area (Å²) in [5.41, 5.74) is 2.73. The molecule has 1 aromatic carbocycles. The van der Waals surface area contributed by atoms with Crippen LogP contribution < -0.4 is 5.32 Å². The van der Waals surface area contributed by atoms with Gasteiger partial charge >= 0.3 is 0 Å². The second-order valence-corrected chi connectivity index (χ2v) is 7.55. The molecule has 1 N–H and O–H groups in total. The van der Waals surface area contributed by atoms with E-state index in [1.54, 1.807) is 0 Å². The van der Waals surface area contributed by atoms with Crippen molar-refractivity contribution in [2.24, 2.45) is 0 Å². The zero-order valence-electron chi connectivity index (χ0n) is 12.9. The van der Waals surface area contributed by atoms with Gasteiger partial charge in [0.05, 0.1) is 17.1 Å². The largest absolute Gasteiger partial charge is 0.346 e. The lowest BCUT2D eigenvalue weighted by Crippen LogP contribution is -2.22. The number of rotatable bonds is 3. The lowest BCUT2D eigenvalue weighted by atomic mass is 10.1. The van der Waals surface area contributed by atoms with Gasteiger partial charge in [0, 0.05) is 21.6 Å². The van der Waals surface area contributed by atoms with Crippen molar-refractivity contribution in [1.29, 1.82) is 0 Å². The number of aromatic nitrogens is 2. The average Bonchev–Trinajstić information content (AvgIpc) is 3.13. The highest BCUT2D eigenvalue weighted by Gasteiger charge is 2.15. The number of halogens is 1. The molecular weight excluding hydrogens is 386 g/mol. The molecule has 0 bridgehead atoms. The van der Waals surface area contributed by atoms with Crippen LogP contribution >= 0.6 is 27.3 Å². The van der Waals surface area contributed by atoms with Crippen LogP contribution in [0.15, 0.2) is 53.3 Å². The van der Waals surface area contributed by atoms with Gasteiger partial charge in [-0.1, -0.05) is 18.2 Å². The third-order valence-electron chi connectivity index (χ3n) is 3.94. The molecule has 4 nitrogen and oxygen atoms in total. The predicted octanol–water partition coefficient (Wildman–Crippen LogP) is 4.55. The van der Waals surface area contributed by atoms with Crippen molar-refractivity contribution in [3.63, 3.8) is 0 Å². The molecule has 120 valence electrons. The molecule has 4 aromatic rings. The maximum atomic E-state index is 12.5. The highest BCUT2D eigenvalue weighted by atomic mass is 79.9. The minimum absolute atomic E-state index is 0.0491. The maximum Gasteiger partial charge on any atom is 0.261 e. The van der Waals surface area contributed by atoms with Crippen molar-refractivity contribution < 1.29 is 4.79 Å². The molecule has 6 heteroatoms. The molecule has 0 spiro atoms. The van der Waals surface area contributed by atoms with Crippen LogP contribution in [0.25, 0.3) is 15.7 Å². The first-order chi connectivity index (χ1) is 11.6. The molecular formula is C18H14BrN3OS. The summed E-state index contributed by atoms with van der Waals surface area (Å²) < 4.78 is 4.07. The maximum absolute atomic E-state index is 12.5. The number of hydrogen-bond donors (Lipinski definition) is 1. The Morgan fingerprint density at radius 3 is 2.92 bits per heavy atom. The molecule has 0 radical (unpaired) electrons. The van der Waals surface area contributed by atoms with Crippen molar-refractivity contribution in [3.05, 3.63) is 69.4 Å². The van der Waals surface area contributed by atoms with Gasteiger partial charge in [-0.2, -0.15) is 0 Å². The van der Waals surface area contributed by atoms with Crippen LogP contribution in [0.3, 0.4) is 0 Å². The monoisotopic (exact) mass is 399 g/mol. The van der Waals surface area contributed by atoms with E-state index in [1.165, 1.54) is 11.3 Å². The van der Waals surface area contributed by atoms with Crippen molar-refractivity contribution >= 4 is 48.9 Å². The summed E-state index contributed by atoms with van der Waals surface area (Å²) in [4.78, 5) is 17.8. The number of nitrogens with one attached hydrogen (secondary N) is 1. The van der Waals surface area contributed by atoms with Crippen LogP contribution in [0, 0.1) is 6.92 Å². The van der Waals surface area contributed by atoms with E-state index >= 15 is 0 Å². The van der Waals surface area contributed by atoms with Crippen LogP contribution in [-0.4, -0.2) is 15.3 Å². The van der Waals surface area contributed by atoms with E-state index in [-0.39, 0.29) is 5.91 Å². The van der Waals surface area contributed by atoms with E-state index in [1.807, 2.05) is 54.0 Å². The third kappa shape index (κ3) is 2.72. The fourth-order valence-electron chi connectivity index (χ4n) is 2.74. The first-order valence-electron chi connectivity index (χ1n) is 7.51. The minimum Gasteiger partial charge on any atom is -0.346 e. The van der Waals surface area contributed by atoms with Crippen molar-refractivity contribution in [2.45, 2.75) is 13.5 Å². The second kappa shape index (κ2) is 6.03. The lowest BCUT2D eigenvalue weighted by molar-refractivity contribution is 0.0954. The summed E-state index contributed by atoms with van der Waals surface area (Å²) in [7, 11) is 0. The fourth-order valence-corrected chi connectivity index (χ4v) is 4.22. The van der Waals surface area contributed by atoms with Gasteiger partial charge in [-0.25, -0.2) is 4.98 Å². The van der Waals surface area contributed by atoms with Gasteiger partial charge in [-0.15, -0.1) is 11.3 Å². The van der Waals surface area contributed by atoms with Crippen molar-refractivity contribution in [3.8, 4) is 0 Å². The lowest BCUT2D eigenvalue weighted by Gasteiger charge is -2.02. The summed E-state index contributed by atoms with van der Waals surface area (Å²) in [6.07, 6.45) is 3.88. The number of fused-ring (bicyclic) bond motifs is 2. The molecule has 3 aromatic heterocycles. The zero-order valence-corrected chi connectivity index (χ0v) is 15.3. The Labute approximate surface area is 151 Å². The number of carbonyl (C=O) groups excluding carboxylic acids is 1. The van der Waals surface area contributed by atoms with Gasteiger partial charge < -0.3 is 9.72 Å². The number of nitrogens with zero attached hydrogens (tertiary/aromatic N) is 2. The topological polar surface area (TPSA) is 46.4 Å². The molecule has 0 saturated carbocycles. The molecule has 0 aliphatic rings. The quantitative estimate of drug-likeness (QED) is 0.549. The number of imidazole rings is 1. The smallest absolute Gasteiger partial charge is 0.261 e. The number of benzene rings is 1. The summed E-state index contributed by atoms with van der Waals surface area (Å²) in [5.74, 6) is -0.0491. The Morgan fingerprint density at radius 2 is 2.08 bits per heavy atom. The highest BCUT2D eigenvalue weighted by Crippen LogP contribution is 2.30. The molecule has 0 unspecified atom stereocenters. The van der Waals surface area contributed by atoms with E-state index in [0.29, 0.717) is 6.54 Å². The van der Waals surface area contributed by atoms with E-state index in [9.17, 15) is 4.79 Å². The van der Waals surface area contributed by atoms with Gasteiger partial charge in [0.1, 0.15) is 5.65 Å². The summed E-state index contributed by atoms with van der Waals surface area (Å²) in [6, 6.07) is 12.0. The number of carbonyl (C=O) groups is 1. The van der Waals surface area contributed by atoms with E-state index in [0.717, 1.165) is 36.3 Å². The molecule has 0 aliphatic carbocycles. The first kappa shape index (κ1) is 15.4. The molecule has 24 heavy (non-hydrogen) atoms. The Balaban J connectivity index is 1.55. The van der Waals surface area contributed by atoms with Crippen molar-refractivity contribution in [1.82, 2.24) is 14.7 Å². The molecule has 0 saturated heterocycles. The van der Waals surface area contributed by atoms with E-state index in [2.05, 4.69) is 32.3 Å². The van der Waals surface area contributed by atoms with Gasteiger partial charge in [-0.3, -0.25) is 4.79 Å². The van der Waals surface area contributed by atoms with Crippen LogP contribution in [0.4, 0.5) is 0 Å². The van der Waals surface area contributed by atoms with Crippen molar-refractivity contribution in [2.75, 3.05) is 0 Å². The SMILES string of the molecule is Cc1c(C(=O)NCc2cn3cc(Br)ccc3n2)sc2ccccc12. The van der Waals surface area contributed by atoms with Gasteiger partial charge in [0.25, 0.3) is 5.91 Å². The molecule has 0 aliphatic heterocycles. The number of aryl methyl sites for hydroxylation is 1. The zero-order chi connectivity index (χ0) is 16.7. The van der Waals surface area contributed by atoms with Gasteiger partial charge in [-0.05, 0) is 52.0 Å².